The van der Waals surface area contributed by atoms with Crippen molar-refractivity contribution in [3.63, 3.8) is 0 Å². The van der Waals surface area contributed by atoms with Crippen molar-refractivity contribution >= 4 is 5.69 Å². The molecule has 2 N–H and O–H groups in total. The predicted molar refractivity (Wildman–Crippen MR) is 63.2 cm³/mol. The Morgan fingerprint density at radius 1 is 1.13 bits per heavy atom. The number of ether oxygens (including phenoxy) is 1. The van der Waals surface area contributed by atoms with E-state index >= 15 is 0 Å². The Hall–Kier alpha value is -1.18. The molecule has 1 fully saturated rings. The summed E-state index contributed by atoms with van der Waals surface area (Å²) in [6.07, 6.45) is 5.42. The SMILES string of the molecule is Cc1cc(OC2CCCC2)c(C)cc1N. The van der Waals surface area contributed by atoms with Gasteiger partial charge in [-0.05, 0) is 62.8 Å². The van der Waals surface area contributed by atoms with Crippen LogP contribution in [0.2, 0.25) is 0 Å². The maximum Gasteiger partial charge on any atom is 0.123 e. The molecule has 0 amide bonds. The molecule has 2 heteroatoms. The highest BCUT2D eigenvalue weighted by atomic mass is 16.5. The van der Waals surface area contributed by atoms with Crippen molar-refractivity contribution in [3.05, 3.63) is 23.3 Å². The summed E-state index contributed by atoms with van der Waals surface area (Å²) in [6.45, 7) is 4.08. The molecular weight excluding hydrogens is 186 g/mol. The fraction of sp³-hybridized carbons (Fsp3) is 0.538. The van der Waals surface area contributed by atoms with Crippen molar-refractivity contribution in [1.29, 1.82) is 0 Å². The van der Waals surface area contributed by atoms with Gasteiger partial charge >= 0.3 is 0 Å². The number of benzene rings is 1. The third kappa shape index (κ3) is 2.25. The number of hydrogen-bond acceptors (Lipinski definition) is 2. The third-order valence-corrected chi connectivity index (χ3v) is 3.16. The van der Waals surface area contributed by atoms with Crippen molar-refractivity contribution in [1.82, 2.24) is 0 Å². The summed E-state index contributed by atoms with van der Waals surface area (Å²) in [5.74, 6) is 1.01. The minimum atomic E-state index is 0.423. The lowest BCUT2D eigenvalue weighted by Crippen LogP contribution is -2.12. The van der Waals surface area contributed by atoms with Crippen LogP contribution in [0, 0.1) is 13.8 Å². The van der Waals surface area contributed by atoms with E-state index in [1.54, 1.807) is 0 Å². The molecule has 82 valence electrons. The average Bonchev–Trinajstić information content (AvgIpc) is 2.67. The van der Waals surface area contributed by atoms with Crippen LogP contribution in [0.1, 0.15) is 36.8 Å². The molecule has 2 nitrogen and oxygen atoms in total. The second-order valence-electron chi connectivity index (χ2n) is 4.50. The molecule has 0 spiro atoms. The van der Waals surface area contributed by atoms with Gasteiger partial charge in [-0.3, -0.25) is 0 Å². The summed E-state index contributed by atoms with van der Waals surface area (Å²) < 4.78 is 5.99. The van der Waals surface area contributed by atoms with Crippen LogP contribution in [0.5, 0.6) is 5.75 Å². The van der Waals surface area contributed by atoms with E-state index in [1.165, 1.54) is 25.7 Å². The van der Waals surface area contributed by atoms with Gasteiger partial charge in [0, 0.05) is 5.69 Å². The Balaban J connectivity index is 2.16. The fourth-order valence-corrected chi connectivity index (χ4v) is 2.12. The molecule has 1 aliphatic rings. The summed E-state index contributed by atoms with van der Waals surface area (Å²) in [5, 5.41) is 0. The van der Waals surface area contributed by atoms with Gasteiger partial charge < -0.3 is 10.5 Å². The van der Waals surface area contributed by atoms with Gasteiger partial charge in [-0.1, -0.05) is 0 Å². The lowest BCUT2D eigenvalue weighted by molar-refractivity contribution is 0.208. The number of aryl methyl sites for hydroxylation is 2. The van der Waals surface area contributed by atoms with Crippen LogP contribution in [0.15, 0.2) is 12.1 Å². The van der Waals surface area contributed by atoms with Crippen LogP contribution in [0.3, 0.4) is 0 Å². The van der Waals surface area contributed by atoms with Gasteiger partial charge in [0.25, 0.3) is 0 Å². The molecule has 0 saturated heterocycles. The third-order valence-electron chi connectivity index (χ3n) is 3.16. The van der Waals surface area contributed by atoms with Gasteiger partial charge in [-0.15, -0.1) is 0 Å². The lowest BCUT2D eigenvalue weighted by Gasteiger charge is -2.16. The van der Waals surface area contributed by atoms with Gasteiger partial charge in [0.2, 0.25) is 0 Å². The summed E-state index contributed by atoms with van der Waals surface area (Å²) in [7, 11) is 0. The molecule has 2 rings (SSSR count). The number of nitrogens with two attached hydrogens (primary N) is 1. The normalized spacial score (nSPS) is 16.9. The quantitative estimate of drug-likeness (QED) is 0.752. The van der Waals surface area contributed by atoms with E-state index in [9.17, 15) is 0 Å². The summed E-state index contributed by atoms with van der Waals surface area (Å²) >= 11 is 0. The average molecular weight is 205 g/mol. The molecule has 0 aromatic heterocycles. The van der Waals surface area contributed by atoms with Crippen LogP contribution in [0.25, 0.3) is 0 Å². The second-order valence-corrected chi connectivity index (χ2v) is 4.50. The molecular formula is C13H19NO. The number of anilines is 1. The van der Waals surface area contributed by atoms with Crippen molar-refractivity contribution in [2.24, 2.45) is 0 Å². The zero-order valence-corrected chi connectivity index (χ0v) is 9.55. The maximum absolute atomic E-state index is 5.99. The van der Waals surface area contributed by atoms with Crippen LogP contribution < -0.4 is 10.5 Å². The maximum atomic E-state index is 5.99. The van der Waals surface area contributed by atoms with Gasteiger partial charge in [-0.2, -0.15) is 0 Å². The van der Waals surface area contributed by atoms with Gasteiger partial charge in [0.1, 0.15) is 5.75 Å². The molecule has 0 radical (unpaired) electrons. The van der Waals surface area contributed by atoms with E-state index in [1.807, 2.05) is 13.0 Å². The molecule has 0 heterocycles. The molecule has 0 atom stereocenters. The summed E-state index contributed by atoms with van der Waals surface area (Å²) in [4.78, 5) is 0. The summed E-state index contributed by atoms with van der Waals surface area (Å²) in [5.41, 5.74) is 8.94. The van der Waals surface area contributed by atoms with Gasteiger partial charge in [-0.25, -0.2) is 0 Å². The number of hydrogen-bond donors (Lipinski definition) is 1. The summed E-state index contributed by atoms with van der Waals surface area (Å²) in [6, 6.07) is 4.06. The van der Waals surface area contributed by atoms with E-state index < -0.39 is 0 Å². The smallest absolute Gasteiger partial charge is 0.123 e. The van der Waals surface area contributed by atoms with Crippen molar-refractivity contribution in [2.45, 2.75) is 45.6 Å². The van der Waals surface area contributed by atoms with Crippen molar-refractivity contribution in [3.8, 4) is 5.75 Å². The van der Waals surface area contributed by atoms with Gasteiger partial charge in [0.15, 0.2) is 0 Å². The van der Waals surface area contributed by atoms with Gasteiger partial charge in [0.05, 0.1) is 6.10 Å². The molecule has 1 aliphatic carbocycles. The number of rotatable bonds is 2. The molecule has 0 aliphatic heterocycles. The zero-order chi connectivity index (χ0) is 10.8. The predicted octanol–water partition coefficient (Wildman–Crippen LogP) is 3.21. The monoisotopic (exact) mass is 205 g/mol. The highest BCUT2D eigenvalue weighted by Gasteiger charge is 2.17. The first-order valence-corrected chi connectivity index (χ1v) is 5.70. The van der Waals surface area contributed by atoms with E-state index in [-0.39, 0.29) is 0 Å². The first kappa shape index (κ1) is 10.3. The van der Waals surface area contributed by atoms with Crippen molar-refractivity contribution < 1.29 is 4.74 Å². The highest BCUT2D eigenvalue weighted by Crippen LogP contribution is 2.29. The molecule has 1 saturated carbocycles. The van der Waals surface area contributed by atoms with E-state index in [2.05, 4.69) is 13.0 Å². The molecule has 0 bridgehead atoms. The first-order valence-electron chi connectivity index (χ1n) is 5.70. The first-order chi connectivity index (χ1) is 7.16. The van der Waals surface area contributed by atoms with Crippen LogP contribution >= 0.6 is 0 Å². The fourth-order valence-electron chi connectivity index (χ4n) is 2.12. The minimum absolute atomic E-state index is 0.423. The Kier molecular flexibility index (Phi) is 2.85. The standard InChI is InChI=1S/C13H19NO/c1-9-8-13(10(2)7-12(9)14)15-11-5-3-4-6-11/h7-8,11H,3-6,14H2,1-2H3. The van der Waals surface area contributed by atoms with E-state index in [0.717, 1.165) is 22.6 Å². The lowest BCUT2D eigenvalue weighted by atomic mass is 10.1. The van der Waals surface area contributed by atoms with Crippen molar-refractivity contribution in [2.75, 3.05) is 5.73 Å². The number of nitrogen functional groups attached to an aromatic ring is 1. The Morgan fingerprint density at radius 3 is 2.47 bits per heavy atom. The highest BCUT2D eigenvalue weighted by molar-refractivity contribution is 5.53. The largest absolute Gasteiger partial charge is 0.490 e. The Labute approximate surface area is 91.4 Å². The molecule has 1 aromatic carbocycles. The van der Waals surface area contributed by atoms with Crippen LogP contribution in [0.4, 0.5) is 5.69 Å². The van der Waals surface area contributed by atoms with Crippen LogP contribution in [-0.4, -0.2) is 6.10 Å². The Bertz CT molecular complexity index is 354. The van der Waals surface area contributed by atoms with E-state index in [4.69, 9.17) is 10.5 Å². The van der Waals surface area contributed by atoms with E-state index in [0.29, 0.717) is 6.10 Å². The molecule has 15 heavy (non-hydrogen) atoms. The zero-order valence-electron chi connectivity index (χ0n) is 9.55. The minimum Gasteiger partial charge on any atom is -0.490 e. The second kappa shape index (κ2) is 4.13. The molecule has 1 aromatic rings. The molecule has 0 unspecified atom stereocenters. The Morgan fingerprint density at radius 2 is 1.80 bits per heavy atom. The van der Waals surface area contributed by atoms with Crippen LogP contribution in [-0.2, 0) is 0 Å². The topological polar surface area (TPSA) is 35.2 Å².